The van der Waals surface area contributed by atoms with Gasteiger partial charge in [0.15, 0.2) is 0 Å². The van der Waals surface area contributed by atoms with Crippen LogP contribution in [0.25, 0.3) is 0 Å². The molecule has 3 fully saturated rings. The molecule has 0 aromatic rings. The van der Waals surface area contributed by atoms with Gasteiger partial charge in [-0.05, 0) is 25.2 Å². The number of hydrogen-bond donors (Lipinski definition) is 0. The fourth-order valence-corrected chi connectivity index (χ4v) is 3.54. The summed E-state index contributed by atoms with van der Waals surface area (Å²) < 4.78 is 9.90. The Morgan fingerprint density at radius 2 is 2.29 bits per heavy atom. The van der Waals surface area contributed by atoms with Crippen molar-refractivity contribution in [2.24, 2.45) is 11.8 Å². The summed E-state index contributed by atoms with van der Waals surface area (Å²) in [5.74, 6) is 0.785. The van der Waals surface area contributed by atoms with Crippen LogP contribution in [0.5, 0.6) is 0 Å². The number of amides is 1. The van der Waals surface area contributed by atoms with E-state index in [9.17, 15) is 9.59 Å². The van der Waals surface area contributed by atoms with Gasteiger partial charge in [0.25, 0.3) is 0 Å². The fourth-order valence-electron chi connectivity index (χ4n) is 3.54. The van der Waals surface area contributed by atoms with E-state index < -0.39 is 12.1 Å². The van der Waals surface area contributed by atoms with Gasteiger partial charge in [-0.15, -0.1) is 0 Å². The number of nitrogens with zero attached hydrogens (tertiary/aromatic N) is 1. The quantitative estimate of drug-likeness (QED) is 0.645. The van der Waals surface area contributed by atoms with Crippen molar-refractivity contribution in [3.63, 3.8) is 0 Å². The van der Waals surface area contributed by atoms with Crippen LogP contribution in [0, 0.1) is 11.8 Å². The number of esters is 1. The Bertz CT molecular complexity index is 405. The molecule has 5 nitrogen and oxygen atoms in total. The number of carbonyl (C=O) groups excluding carboxylic acids is 2. The van der Waals surface area contributed by atoms with Crippen molar-refractivity contribution in [1.82, 2.24) is 4.90 Å². The molecule has 4 atom stereocenters. The Hall–Kier alpha value is -1.52. The van der Waals surface area contributed by atoms with Crippen LogP contribution in [-0.2, 0) is 14.3 Å². The zero-order valence-electron chi connectivity index (χ0n) is 9.72. The molecule has 92 valence electrons. The van der Waals surface area contributed by atoms with E-state index in [1.807, 2.05) is 0 Å². The predicted molar refractivity (Wildman–Crippen MR) is 57.9 cm³/mol. The Kier molecular flexibility index (Phi) is 2.18. The third-order valence-corrected chi connectivity index (χ3v) is 4.24. The van der Waals surface area contributed by atoms with Crippen LogP contribution in [0.1, 0.15) is 19.3 Å². The van der Waals surface area contributed by atoms with Gasteiger partial charge < -0.3 is 9.47 Å². The third kappa shape index (κ3) is 1.31. The fraction of sp³-hybridized carbons (Fsp3) is 0.667. The molecular weight excluding hydrogens is 222 g/mol. The highest BCUT2D eigenvalue weighted by molar-refractivity contribution is 5.83. The van der Waals surface area contributed by atoms with Crippen molar-refractivity contribution in [2.45, 2.75) is 31.3 Å². The first-order valence-corrected chi connectivity index (χ1v) is 5.90. The van der Waals surface area contributed by atoms with Crippen molar-refractivity contribution < 1.29 is 19.1 Å². The molecule has 3 rings (SSSR count). The second-order valence-electron chi connectivity index (χ2n) is 4.95. The van der Waals surface area contributed by atoms with Crippen molar-refractivity contribution in [2.75, 3.05) is 7.11 Å². The minimum atomic E-state index is -0.474. The van der Waals surface area contributed by atoms with Crippen LogP contribution in [0.15, 0.2) is 12.3 Å². The average molecular weight is 237 g/mol. The molecule has 0 aromatic heterocycles. The minimum Gasteiger partial charge on any atom is -0.467 e. The first-order chi connectivity index (χ1) is 8.13. The van der Waals surface area contributed by atoms with Gasteiger partial charge in [0, 0.05) is 12.0 Å². The molecule has 1 aliphatic carbocycles. The first kappa shape index (κ1) is 10.6. The Balaban J connectivity index is 1.94. The van der Waals surface area contributed by atoms with E-state index >= 15 is 0 Å². The van der Waals surface area contributed by atoms with Crippen LogP contribution in [0.2, 0.25) is 0 Å². The zero-order chi connectivity index (χ0) is 12.2. The first-order valence-electron chi connectivity index (χ1n) is 5.90. The van der Waals surface area contributed by atoms with E-state index in [1.165, 1.54) is 7.11 Å². The summed E-state index contributed by atoms with van der Waals surface area (Å²) in [6.45, 7) is 3.81. The summed E-state index contributed by atoms with van der Waals surface area (Å²) in [4.78, 5) is 25.1. The summed E-state index contributed by atoms with van der Waals surface area (Å²) in [5.41, 5.74) is 0. The molecule has 0 aromatic carbocycles. The highest BCUT2D eigenvalue weighted by atomic mass is 16.6. The standard InChI is InChI=1S/C12H15NO4/c1-6-8-4-3-7-5-9(11(14)16-2)13(10(7)8)12(15)17-6/h7-10H,1,3-5H2,2H3/t7-,8-,9-,10+/m0/s1. The normalized spacial score (nSPS) is 39.0. The summed E-state index contributed by atoms with van der Waals surface area (Å²) >= 11 is 0. The molecule has 0 unspecified atom stereocenters. The monoisotopic (exact) mass is 237 g/mol. The largest absolute Gasteiger partial charge is 0.467 e. The molecular formula is C12H15NO4. The van der Waals surface area contributed by atoms with Crippen LogP contribution in [-0.4, -0.2) is 36.2 Å². The number of ether oxygens (including phenoxy) is 2. The molecule has 2 heterocycles. The van der Waals surface area contributed by atoms with E-state index in [0.29, 0.717) is 18.1 Å². The second-order valence-corrected chi connectivity index (χ2v) is 4.95. The maximum Gasteiger partial charge on any atom is 0.415 e. The van der Waals surface area contributed by atoms with E-state index in [0.717, 1.165) is 12.8 Å². The topological polar surface area (TPSA) is 55.8 Å². The van der Waals surface area contributed by atoms with E-state index in [2.05, 4.69) is 6.58 Å². The SMILES string of the molecule is C=C1OC(=O)N2[C@@H]3[C@@H](CC[C@@H]13)C[C@H]2C(=O)OC. The van der Waals surface area contributed by atoms with E-state index in [1.54, 1.807) is 4.90 Å². The van der Waals surface area contributed by atoms with Crippen LogP contribution in [0.4, 0.5) is 4.79 Å². The van der Waals surface area contributed by atoms with Crippen LogP contribution < -0.4 is 0 Å². The summed E-state index contributed by atoms with van der Waals surface area (Å²) in [7, 11) is 1.35. The van der Waals surface area contributed by atoms with Crippen molar-refractivity contribution in [3.8, 4) is 0 Å². The second kappa shape index (κ2) is 3.48. The molecule has 3 aliphatic rings. The van der Waals surface area contributed by atoms with E-state index in [-0.39, 0.29) is 17.9 Å². The molecule has 5 heteroatoms. The van der Waals surface area contributed by atoms with Crippen molar-refractivity contribution in [1.29, 1.82) is 0 Å². The highest BCUT2D eigenvalue weighted by Gasteiger charge is 2.57. The Morgan fingerprint density at radius 1 is 1.53 bits per heavy atom. The summed E-state index contributed by atoms with van der Waals surface area (Å²) in [5, 5.41) is 0. The lowest BCUT2D eigenvalue weighted by molar-refractivity contribution is -0.146. The van der Waals surface area contributed by atoms with Gasteiger partial charge in [-0.1, -0.05) is 6.58 Å². The lowest BCUT2D eigenvalue weighted by Crippen LogP contribution is -2.51. The van der Waals surface area contributed by atoms with E-state index in [4.69, 9.17) is 9.47 Å². The van der Waals surface area contributed by atoms with Gasteiger partial charge in [0.05, 0.1) is 7.11 Å². The van der Waals surface area contributed by atoms with Gasteiger partial charge in [-0.25, -0.2) is 9.59 Å². The van der Waals surface area contributed by atoms with Gasteiger partial charge in [-0.3, -0.25) is 4.90 Å². The number of methoxy groups -OCH3 is 1. The molecule has 0 N–H and O–H groups in total. The Morgan fingerprint density at radius 3 is 3.00 bits per heavy atom. The molecule has 0 spiro atoms. The molecule has 1 amide bonds. The predicted octanol–water partition coefficient (Wildman–Crippen LogP) is 1.29. The molecule has 1 saturated carbocycles. The van der Waals surface area contributed by atoms with Gasteiger partial charge in [0.2, 0.25) is 0 Å². The summed E-state index contributed by atoms with van der Waals surface area (Å²) in [6.07, 6.45) is 2.26. The van der Waals surface area contributed by atoms with Crippen molar-refractivity contribution in [3.05, 3.63) is 12.3 Å². The molecule has 2 aliphatic heterocycles. The number of carbonyl (C=O) groups is 2. The lowest BCUT2D eigenvalue weighted by atomic mass is 9.96. The average Bonchev–Trinajstić information content (AvgIpc) is 2.85. The Labute approximate surface area is 99.4 Å². The lowest BCUT2D eigenvalue weighted by Gasteiger charge is -2.36. The zero-order valence-corrected chi connectivity index (χ0v) is 9.72. The number of hydrogen-bond acceptors (Lipinski definition) is 4. The maximum absolute atomic E-state index is 11.9. The van der Waals surface area contributed by atoms with Crippen LogP contribution in [0.3, 0.4) is 0 Å². The molecule has 0 radical (unpaired) electrons. The molecule has 0 bridgehead atoms. The minimum absolute atomic E-state index is 0.0906. The number of cyclic esters (lactones) is 1. The van der Waals surface area contributed by atoms with Gasteiger partial charge in [0.1, 0.15) is 11.8 Å². The van der Waals surface area contributed by atoms with Gasteiger partial charge in [-0.2, -0.15) is 0 Å². The van der Waals surface area contributed by atoms with Gasteiger partial charge >= 0.3 is 12.1 Å². The number of rotatable bonds is 1. The van der Waals surface area contributed by atoms with Crippen molar-refractivity contribution >= 4 is 12.1 Å². The smallest absolute Gasteiger partial charge is 0.415 e. The summed E-state index contributed by atoms with van der Waals surface area (Å²) in [6, 6.07) is -0.383. The van der Waals surface area contributed by atoms with Crippen LogP contribution >= 0.6 is 0 Å². The molecule has 17 heavy (non-hydrogen) atoms. The highest BCUT2D eigenvalue weighted by Crippen LogP contribution is 2.50. The maximum atomic E-state index is 11.9. The molecule has 2 saturated heterocycles. The third-order valence-electron chi connectivity index (χ3n) is 4.24.